The number of β-lactam (4-membered cyclic amide) rings is 1. The number of esters is 1. The molecule has 1 aliphatic rings. The molecule has 0 unspecified atom stereocenters. The highest BCUT2D eigenvalue weighted by Gasteiger charge is 2.53. The van der Waals surface area contributed by atoms with Crippen molar-refractivity contribution in [2.45, 2.75) is 52.2 Å². The fraction of sp³-hybridized carbons (Fsp3) is 0.250. The van der Waals surface area contributed by atoms with Gasteiger partial charge in [0.1, 0.15) is 11.8 Å². The van der Waals surface area contributed by atoms with E-state index in [2.05, 4.69) is 5.32 Å². The van der Waals surface area contributed by atoms with E-state index < -0.39 is 42.3 Å². The molecule has 40 heavy (non-hydrogen) atoms. The number of ketones is 1. The van der Waals surface area contributed by atoms with Gasteiger partial charge in [-0.3, -0.25) is 19.3 Å². The molecule has 0 spiro atoms. The molecule has 3 atom stereocenters. The van der Waals surface area contributed by atoms with E-state index in [4.69, 9.17) is 9.47 Å². The molecule has 3 aromatic rings. The first-order valence-corrected chi connectivity index (χ1v) is 13.0. The number of ether oxygens (including phenoxy) is 2. The first-order valence-electron chi connectivity index (χ1n) is 13.0. The Morgan fingerprint density at radius 3 is 1.77 bits per heavy atom. The van der Waals surface area contributed by atoms with Crippen LogP contribution in [0.1, 0.15) is 55.3 Å². The largest absolute Gasteiger partial charge is 0.448 e. The van der Waals surface area contributed by atoms with Crippen molar-refractivity contribution in [3.8, 4) is 0 Å². The zero-order chi connectivity index (χ0) is 28.8. The molecular weight excluding hydrogens is 508 g/mol. The average Bonchev–Trinajstić information content (AvgIpc) is 2.97. The average molecular weight is 541 g/mol. The van der Waals surface area contributed by atoms with E-state index in [0.717, 1.165) is 11.1 Å². The molecule has 4 rings (SSSR count). The van der Waals surface area contributed by atoms with Gasteiger partial charge in [-0.1, -0.05) is 78.9 Å². The van der Waals surface area contributed by atoms with Crippen molar-refractivity contribution < 1.29 is 28.7 Å². The van der Waals surface area contributed by atoms with Crippen LogP contribution < -0.4 is 5.32 Å². The van der Waals surface area contributed by atoms with E-state index >= 15 is 0 Å². The molecule has 0 bridgehead atoms. The van der Waals surface area contributed by atoms with Crippen molar-refractivity contribution >= 4 is 23.6 Å². The van der Waals surface area contributed by atoms with E-state index in [-0.39, 0.29) is 11.5 Å². The maximum Gasteiger partial charge on any atom is 0.356 e. The Balaban J connectivity index is 1.63. The molecule has 1 N–H and O–H groups in total. The van der Waals surface area contributed by atoms with Crippen molar-refractivity contribution in [3.63, 3.8) is 0 Å². The SMILES string of the molecule is CC(=O)[C@H](C)O[C@@H]1[C@@H](NC(=O)c2ccccc2)C(=O)N1C(C(=O)OC(c1ccccc1)c1ccccc1)=C(C)C. The highest BCUT2D eigenvalue weighted by atomic mass is 16.6. The first-order chi connectivity index (χ1) is 19.2. The van der Waals surface area contributed by atoms with Crippen LogP contribution in [0.5, 0.6) is 0 Å². The van der Waals surface area contributed by atoms with Crippen molar-refractivity contribution in [1.82, 2.24) is 10.2 Å². The Hall–Kier alpha value is -4.56. The number of carbonyl (C=O) groups is 4. The number of likely N-dealkylation sites (tertiary alicyclic amines) is 1. The molecule has 1 aliphatic heterocycles. The number of amides is 2. The van der Waals surface area contributed by atoms with Crippen LogP contribution in [0, 0.1) is 0 Å². The number of rotatable bonds is 10. The second-order valence-corrected chi connectivity index (χ2v) is 9.76. The van der Waals surface area contributed by atoms with Crippen molar-refractivity contribution in [2.75, 3.05) is 0 Å². The zero-order valence-corrected chi connectivity index (χ0v) is 22.9. The molecular formula is C32H32N2O6. The fourth-order valence-electron chi connectivity index (χ4n) is 4.38. The summed E-state index contributed by atoms with van der Waals surface area (Å²) < 4.78 is 12.0. The van der Waals surface area contributed by atoms with Crippen LogP contribution in [0.15, 0.2) is 102 Å². The summed E-state index contributed by atoms with van der Waals surface area (Å²) in [5.41, 5.74) is 2.39. The second-order valence-electron chi connectivity index (χ2n) is 9.76. The molecule has 3 aromatic carbocycles. The monoisotopic (exact) mass is 540 g/mol. The molecule has 1 heterocycles. The van der Waals surface area contributed by atoms with Gasteiger partial charge in [-0.2, -0.15) is 0 Å². The van der Waals surface area contributed by atoms with Crippen LogP contribution in [0.25, 0.3) is 0 Å². The summed E-state index contributed by atoms with van der Waals surface area (Å²) in [6.45, 7) is 6.30. The van der Waals surface area contributed by atoms with Crippen molar-refractivity contribution in [2.24, 2.45) is 0 Å². The molecule has 0 aliphatic carbocycles. The third kappa shape index (κ3) is 6.18. The minimum Gasteiger partial charge on any atom is -0.448 e. The van der Waals surface area contributed by atoms with E-state index in [1.165, 1.54) is 11.8 Å². The number of hydrogen-bond acceptors (Lipinski definition) is 6. The lowest BCUT2D eigenvalue weighted by Gasteiger charge is -2.47. The molecule has 8 nitrogen and oxygen atoms in total. The maximum atomic E-state index is 13.8. The molecule has 2 amide bonds. The number of allylic oxidation sites excluding steroid dienone is 1. The number of benzene rings is 3. The number of nitrogens with zero attached hydrogens (tertiary/aromatic N) is 1. The van der Waals surface area contributed by atoms with Gasteiger partial charge >= 0.3 is 5.97 Å². The van der Waals surface area contributed by atoms with Gasteiger partial charge in [-0.25, -0.2) is 4.79 Å². The van der Waals surface area contributed by atoms with E-state index in [0.29, 0.717) is 11.1 Å². The Labute approximate surface area is 233 Å². The second kappa shape index (κ2) is 12.5. The summed E-state index contributed by atoms with van der Waals surface area (Å²) in [5, 5.41) is 2.69. The number of carbonyl (C=O) groups excluding carboxylic acids is 4. The predicted molar refractivity (Wildman–Crippen MR) is 149 cm³/mol. The normalized spacial score (nSPS) is 17.0. The zero-order valence-electron chi connectivity index (χ0n) is 22.9. The van der Waals surface area contributed by atoms with Crippen LogP contribution in [-0.2, 0) is 23.9 Å². The van der Waals surface area contributed by atoms with Gasteiger partial charge in [0.25, 0.3) is 11.8 Å². The number of nitrogens with one attached hydrogen (secondary N) is 1. The maximum absolute atomic E-state index is 13.8. The van der Waals surface area contributed by atoms with Crippen LogP contribution in [0.3, 0.4) is 0 Å². The Morgan fingerprint density at radius 2 is 1.30 bits per heavy atom. The molecule has 1 saturated heterocycles. The first kappa shape index (κ1) is 28.4. The van der Waals surface area contributed by atoms with Crippen LogP contribution >= 0.6 is 0 Å². The molecule has 1 fully saturated rings. The predicted octanol–water partition coefficient (Wildman–Crippen LogP) is 4.57. The third-order valence-corrected chi connectivity index (χ3v) is 6.62. The van der Waals surface area contributed by atoms with Gasteiger partial charge in [0.2, 0.25) is 0 Å². The minimum absolute atomic E-state index is 0.00664. The quantitative estimate of drug-likeness (QED) is 0.230. The standard InChI is InChI=1S/C32H32N2O6/c1-20(2)27(32(38)40-28(23-14-8-5-9-15-23)24-16-10-6-11-17-24)34-30(37)26(31(34)39-22(4)21(3)35)33-29(36)25-18-12-7-13-19-25/h5-19,22,26,28,31H,1-4H3,(H,33,36)/t22-,26-,31+/m0/s1. The molecule has 0 saturated carbocycles. The van der Waals surface area contributed by atoms with Gasteiger partial charge in [0.15, 0.2) is 24.2 Å². The summed E-state index contributed by atoms with van der Waals surface area (Å²) in [5.74, 6) is -2.02. The summed E-state index contributed by atoms with van der Waals surface area (Å²) in [6, 6.07) is 25.9. The molecule has 0 aromatic heterocycles. The van der Waals surface area contributed by atoms with Gasteiger partial charge in [-0.15, -0.1) is 0 Å². The Kier molecular flexibility index (Phi) is 8.91. The number of hydrogen-bond donors (Lipinski definition) is 1. The van der Waals surface area contributed by atoms with E-state index in [1.54, 1.807) is 51.1 Å². The lowest BCUT2D eigenvalue weighted by atomic mass is 9.99. The van der Waals surface area contributed by atoms with Crippen molar-refractivity contribution in [1.29, 1.82) is 0 Å². The Bertz CT molecular complexity index is 1360. The van der Waals surface area contributed by atoms with Gasteiger partial charge < -0.3 is 14.8 Å². The minimum atomic E-state index is -1.10. The summed E-state index contributed by atoms with van der Waals surface area (Å²) in [6.07, 6.45) is -2.71. The summed E-state index contributed by atoms with van der Waals surface area (Å²) in [7, 11) is 0. The summed E-state index contributed by atoms with van der Waals surface area (Å²) >= 11 is 0. The molecule has 8 heteroatoms. The smallest absolute Gasteiger partial charge is 0.356 e. The molecule has 0 radical (unpaired) electrons. The highest BCUT2D eigenvalue weighted by Crippen LogP contribution is 2.33. The fourth-order valence-corrected chi connectivity index (χ4v) is 4.38. The lowest BCUT2D eigenvalue weighted by molar-refractivity contribution is -0.189. The van der Waals surface area contributed by atoms with Gasteiger partial charge in [0, 0.05) is 5.56 Å². The highest BCUT2D eigenvalue weighted by molar-refractivity contribution is 6.03. The summed E-state index contributed by atoms with van der Waals surface area (Å²) in [4.78, 5) is 53.3. The lowest BCUT2D eigenvalue weighted by Crippen LogP contribution is -2.72. The Morgan fingerprint density at radius 1 is 0.800 bits per heavy atom. The van der Waals surface area contributed by atoms with Gasteiger partial charge in [-0.05, 0) is 56.5 Å². The van der Waals surface area contributed by atoms with Crippen LogP contribution in [0.2, 0.25) is 0 Å². The third-order valence-electron chi connectivity index (χ3n) is 6.62. The van der Waals surface area contributed by atoms with E-state index in [9.17, 15) is 19.2 Å². The van der Waals surface area contributed by atoms with Crippen LogP contribution in [-0.4, -0.2) is 46.8 Å². The molecule has 206 valence electrons. The van der Waals surface area contributed by atoms with Crippen LogP contribution in [0.4, 0.5) is 0 Å². The van der Waals surface area contributed by atoms with Crippen molar-refractivity contribution in [3.05, 3.63) is 119 Å². The topological polar surface area (TPSA) is 102 Å². The van der Waals surface area contributed by atoms with E-state index in [1.807, 2.05) is 60.7 Å². The van der Waals surface area contributed by atoms with Gasteiger partial charge in [0.05, 0.1) is 0 Å². The number of Topliss-reactive ketones (excluding diaryl/α,β-unsaturated/α-hetero) is 1.